The third-order valence-corrected chi connectivity index (χ3v) is 3.74. The van der Waals surface area contributed by atoms with Crippen molar-refractivity contribution in [3.05, 3.63) is 45.1 Å². The van der Waals surface area contributed by atoms with Gasteiger partial charge in [0.15, 0.2) is 22.5 Å². The van der Waals surface area contributed by atoms with E-state index in [9.17, 15) is 23.7 Å². The zero-order valence-corrected chi connectivity index (χ0v) is 15.9. The Morgan fingerprint density at radius 2 is 2.03 bits per heavy atom. The van der Waals surface area contributed by atoms with Gasteiger partial charge >= 0.3 is 12.6 Å². The van der Waals surface area contributed by atoms with Crippen LogP contribution >= 0.6 is 11.6 Å². The van der Waals surface area contributed by atoms with Crippen molar-refractivity contribution >= 4 is 29.1 Å². The zero-order chi connectivity index (χ0) is 21.6. The monoisotopic (exact) mass is 432 g/mol. The number of methoxy groups -OCH3 is 1. The first kappa shape index (κ1) is 22.0. The van der Waals surface area contributed by atoms with Gasteiger partial charge in [0.1, 0.15) is 13.2 Å². The van der Waals surface area contributed by atoms with Gasteiger partial charge in [-0.1, -0.05) is 11.6 Å². The maximum Gasteiger partial charge on any atom is 0.387 e. The molecule has 0 atom stereocenters. The average molecular weight is 433 g/mol. The second-order valence-corrected chi connectivity index (χ2v) is 5.89. The molecular weight excluding hydrogens is 418 g/mol. The van der Waals surface area contributed by atoms with E-state index in [0.29, 0.717) is 5.82 Å². The van der Waals surface area contributed by atoms with Gasteiger partial charge in [-0.2, -0.15) is 8.78 Å². The first-order chi connectivity index (χ1) is 13.7. The Labute approximate surface area is 168 Å². The summed E-state index contributed by atoms with van der Waals surface area (Å²) in [6.07, 6.45) is 0. The number of hydrogen-bond acceptors (Lipinski definition) is 9. The number of benzene rings is 1. The number of nitrogens with zero attached hydrogens (tertiary/aromatic N) is 4. The lowest BCUT2D eigenvalue weighted by Crippen LogP contribution is -2.28. The van der Waals surface area contributed by atoms with Crippen LogP contribution in [0.4, 0.5) is 20.3 Å². The van der Waals surface area contributed by atoms with E-state index in [-0.39, 0.29) is 23.0 Å². The van der Waals surface area contributed by atoms with Crippen molar-refractivity contribution in [1.29, 1.82) is 0 Å². The number of carbonyl (C=O) groups is 1. The predicted octanol–water partition coefficient (Wildman–Crippen LogP) is 2.83. The van der Waals surface area contributed by atoms with Crippen LogP contribution in [-0.2, 0) is 16.1 Å². The highest BCUT2D eigenvalue weighted by Gasteiger charge is 2.23. The predicted molar refractivity (Wildman–Crippen MR) is 96.4 cm³/mol. The van der Waals surface area contributed by atoms with E-state index in [4.69, 9.17) is 21.1 Å². The normalized spacial score (nSPS) is 10.6. The Balaban J connectivity index is 2.10. The average Bonchev–Trinajstić information content (AvgIpc) is 2.66. The van der Waals surface area contributed by atoms with Crippen LogP contribution in [0.15, 0.2) is 24.3 Å². The summed E-state index contributed by atoms with van der Waals surface area (Å²) < 4.78 is 39.1. The van der Waals surface area contributed by atoms with Crippen molar-refractivity contribution in [2.24, 2.45) is 0 Å². The Hall–Kier alpha value is -3.28. The van der Waals surface area contributed by atoms with Crippen molar-refractivity contribution in [3.63, 3.8) is 0 Å². The van der Waals surface area contributed by atoms with Crippen LogP contribution in [0.1, 0.15) is 5.56 Å². The molecular formula is C16H15ClF2N4O6. The van der Waals surface area contributed by atoms with Gasteiger partial charge in [-0.25, -0.2) is 0 Å². The zero-order valence-electron chi connectivity index (χ0n) is 15.2. The summed E-state index contributed by atoms with van der Waals surface area (Å²) in [6, 6.07) is 4.91. The number of nitro benzene ring substituents is 1. The minimum Gasteiger partial charge on any atom is -0.493 e. The molecule has 156 valence electrons. The second kappa shape index (κ2) is 9.78. The van der Waals surface area contributed by atoms with Gasteiger partial charge in [-0.3, -0.25) is 14.9 Å². The molecule has 0 aliphatic rings. The molecule has 0 aliphatic carbocycles. The molecule has 2 rings (SSSR count). The number of aromatic nitrogens is 2. The van der Waals surface area contributed by atoms with E-state index >= 15 is 0 Å². The first-order valence-corrected chi connectivity index (χ1v) is 8.25. The Kier molecular flexibility index (Phi) is 7.42. The molecule has 0 saturated carbocycles. The highest BCUT2D eigenvalue weighted by Crippen LogP contribution is 2.36. The fourth-order valence-corrected chi connectivity index (χ4v) is 2.32. The lowest BCUT2D eigenvalue weighted by atomic mass is 10.1. The standard InChI is InChI=1S/C16H15ClF2N4O6/c1-22(14-4-3-13(17)20-21-14)7-15(24)28-8-9-5-11(27-2)12(29-16(18)19)6-10(9)23(25)26/h3-6,16H,7-8H2,1-2H3. The summed E-state index contributed by atoms with van der Waals surface area (Å²) in [4.78, 5) is 23.9. The molecule has 2 aromatic rings. The summed E-state index contributed by atoms with van der Waals surface area (Å²) >= 11 is 5.64. The highest BCUT2D eigenvalue weighted by atomic mass is 35.5. The van der Waals surface area contributed by atoms with E-state index in [1.54, 1.807) is 13.1 Å². The van der Waals surface area contributed by atoms with Gasteiger partial charge in [0, 0.05) is 7.05 Å². The van der Waals surface area contributed by atoms with Gasteiger partial charge in [0.25, 0.3) is 5.69 Å². The molecule has 29 heavy (non-hydrogen) atoms. The number of ether oxygens (including phenoxy) is 3. The molecule has 0 spiro atoms. The van der Waals surface area contributed by atoms with Gasteiger partial charge in [0.05, 0.1) is 23.7 Å². The van der Waals surface area contributed by atoms with Gasteiger partial charge in [-0.15, -0.1) is 10.2 Å². The summed E-state index contributed by atoms with van der Waals surface area (Å²) in [7, 11) is 2.73. The van der Waals surface area contributed by atoms with Gasteiger partial charge < -0.3 is 19.1 Å². The molecule has 0 aliphatic heterocycles. The molecule has 10 nitrogen and oxygen atoms in total. The lowest BCUT2D eigenvalue weighted by molar-refractivity contribution is -0.386. The van der Waals surface area contributed by atoms with E-state index in [1.165, 1.54) is 18.1 Å². The number of alkyl halides is 2. The quantitative estimate of drug-likeness (QED) is 0.335. The first-order valence-electron chi connectivity index (χ1n) is 7.87. The van der Waals surface area contributed by atoms with Crippen molar-refractivity contribution in [2.75, 3.05) is 25.6 Å². The van der Waals surface area contributed by atoms with Crippen molar-refractivity contribution < 1.29 is 32.7 Å². The Bertz CT molecular complexity index is 884. The molecule has 13 heteroatoms. The number of nitro groups is 1. The molecule has 0 fully saturated rings. The van der Waals surface area contributed by atoms with E-state index in [0.717, 1.165) is 12.1 Å². The smallest absolute Gasteiger partial charge is 0.387 e. The van der Waals surface area contributed by atoms with E-state index in [1.807, 2.05) is 0 Å². The van der Waals surface area contributed by atoms with E-state index in [2.05, 4.69) is 14.9 Å². The summed E-state index contributed by atoms with van der Waals surface area (Å²) in [5.41, 5.74) is -0.623. The second-order valence-electron chi connectivity index (χ2n) is 5.50. The third-order valence-electron chi connectivity index (χ3n) is 3.54. The van der Waals surface area contributed by atoms with Crippen LogP contribution in [-0.4, -0.2) is 48.4 Å². The minimum atomic E-state index is -3.20. The van der Waals surface area contributed by atoms with Crippen molar-refractivity contribution in [1.82, 2.24) is 10.2 Å². The summed E-state index contributed by atoms with van der Waals surface area (Å²) in [6.45, 7) is -3.91. The number of halogens is 3. The highest BCUT2D eigenvalue weighted by molar-refractivity contribution is 6.29. The largest absolute Gasteiger partial charge is 0.493 e. The maximum atomic E-state index is 12.5. The van der Waals surface area contributed by atoms with Gasteiger partial charge in [-0.05, 0) is 18.2 Å². The molecule has 0 radical (unpaired) electrons. The van der Waals surface area contributed by atoms with Crippen LogP contribution in [0.3, 0.4) is 0 Å². The van der Waals surface area contributed by atoms with Crippen LogP contribution in [0.2, 0.25) is 5.15 Å². The SMILES string of the molecule is COc1cc(COC(=O)CN(C)c2ccc(Cl)nn2)c([N+](=O)[O-])cc1OC(F)F. The Morgan fingerprint density at radius 3 is 2.59 bits per heavy atom. The summed E-state index contributed by atoms with van der Waals surface area (Å²) in [5, 5.41) is 18.9. The molecule has 0 unspecified atom stereocenters. The molecule has 1 aromatic heterocycles. The minimum absolute atomic E-state index is 0.0595. The van der Waals surface area contributed by atoms with Crippen LogP contribution in [0.25, 0.3) is 0 Å². The van der Waals surface area contributed by atoms with Crippen molar-refractivity contribution in [2.45, 2.75) is 13.2 Å². The number of carbonyl (C=O) groups excluding carboxylic acids is 1. The van der Waals surface area contributed by atoms with Crippen LogP contribution in [0, 0.1) is 10.1 Å². The molecule has 0 N–H and O–H groups in total. The summed E-state index contributed by atoms with van der Waals surface area (Å²) in [5.74, 6) is -1.04. The van der Waals surface area contributed by atoms with Crippen molar-refractivity contribution in [3.8, 4) is 11.5 Å². The lowest BCUT2D eigenvalue weighted by Gasteiger charge is -2.16. The fraction of sp³-hybridized carbons (Fsp3) is 0.312. The number of likely N-dealkylation sites (N-methyl/N-ethyl adjacent to an activating group) is 1. The topological polar surface area (TPSA) is 117 Å². The third kappa shape index (κ3) is 6.10. The number of rotatable bonds is 9. The van der Waals surface area contributed by atoms with Gasteiger partial charge in [0.2, 0.25) is 0 Å². The van der Waals surface area contributed by atoms with Crippen LogP contribution in [0.5, 0.6) is 11.5 Å². The van der Waals surface area contributed by atoms with E-state index < -0.39 is 35.5 Å². The molecule has 1 aromatic carbocycles. The maximum absolute atomic E-state index is 12.5. The number of hydrogen-bond donors (Lipinski definition) is 0. The fourth-order valence-electron chi connectivity index (χ4n) is 2.22. The molecule has 0 bridgehead atoms. The molecule has 0 saturated heterocycles. The Morgan fingerprint density at radius 1 is 1.31 bits per heavy atom. The number of esters is 1. The number of anilines is 1. The molecule has 1 heterocycles. The van der Waals surface area contributed by atoms with Crippen LogP contribution < -0.4 is 14.4 Å². The molecule has 0 amide bonds.